The Balaban J connectivity index is 1.80. The molecule has 0 aliphatic rings. The van der Waals surface area contributed by atoms with Gasteiger partial charge in [-0.25, -0.2) is 19.9 Å². The van der Waals surface area contributed by atoms with Crippen molar-refractivity contribution in [2.75, 3.05) is 0 Å². The average Bonchev–Trinajstić information content (AvgIpc) is 2.90. The Morgan fingerprint density at radius 1 is 0.950 bits per heavy atom. The summed E-state index contributed by atoms with van der Waals surface area (Å²) in [5, 5.41) is 1.85. The van der Waals surface area contributed by atoms with E-state index in [1.54, 1.807) is 35.6 Å². The molecule has 4 nitrogen and oxygen atoms in total. The third kappa shape index (κ3) is 2.03. The Kier molecular flexibility index (Phi) is 2.82. The van der Waals surface area contributed by atoms with Crippen molar-refractivity contribution in [1.29, 1.82) is 0 Å². The number of nitrogens with zero attached hydrogens (tertiary/aromatic N) is 4. The van der Waals surface area contributed by atoms with Crippen LogP contribution in [0.25, 0.3) is 21.3 Å². The fraction of sp³-hybridized carbons (Fsp3) is 0. The molecule has 1 aromatic carbocycles. The minimum absolute atomic E-state index is 0.714. The van der Waals surface area contributed by atoms with E-state index >= 15 is 0 Å². The van der Waals surface area contributed by atoms with Crippen molar-refractivity contribution in [3.63, 3.8) is 0 Å². The van der Waals surface area contributed by atoms with E-state index < -0.39 is 0 Å². The summed E-state index contributed by atoms with van der Waals surface area (Å²) < 4.78 is 2.17. The first-order valence-electron chi connectivity index (χ1n) is 5.99. The van der Waals surface area contributed by atoms with Crippen molar-refractivity contribution in [2.24, 2.45) is 0 Å². The third-order valence-electron chi connectivity index (χ3n) is 2.83. The van der Waals surface area contributed by atoms with E-state index in [0.717, 1.165) is 20.3 Å². The van der Waals surface area contributed by atoms with Crippen LogP contribution in [0.15, 0.2) is 58.3 Å². The van der Waals surface area contributed by atoms with Gasteiger partial charge in [0.2, 0.25) is 0 Å². The molecule has 96 valence electrons. The predicted octanol–water partition coefficient (Wildman–Crippen LogP) is 3.79. The van der Waals surface area contributed by atoms with Crippen LogP contribution in [0.4, 0.5) is 0 Å². The molecule has 0 saturated heterocycles. The van der Waals surface area contributed by atoms with Gasteiger partial charge in [-0.2, -0.15) is 0 Å². The molecule has 0 amide bonds. The second kappa shape index (κ2) is 4.81. The summed E-state index contributed by atoms with van der Waals surface area (Å²) in [6.07, 6.45) is 3.28. The fourth-order valence-electron chi connectivity index (χ4n) is 1.93. The van der Waals surface area contributed by atoms with Crippen LogP contribution < -0.4 is 0 Å². The van der Waals surface area contributed by atoms with Gasteiger partial charge < -0.3 is 0 Å². The van der Waals surface area contributed by atoms with Crippen LogP contribution in [-0.4, -0.2) is 19.9 Å². The molecule has 3 heterocycles. The van der Waals surface area contributed by atoms with Gasteiger partial charge in [0.15, 0.2) is 9.99 Å². The molecule has 0 fully saturated rings. The number of rotatable bonds is 2. The minimum atomic E-state index is 0.714. The molecule has 0 atom stereocenters. The molecule has 6 heteroatoms. The molecule has 0 aliphatic carbocycles. The van der Waals surface area contributed by atoms with E-state index in [9.17, 15) is 0 Å². The van der Waals surface area contributed by atoms with Gasteiger partial charge in [0.05, 0.1) is 15.6 Å². The van der Waals surface area contributed by atoms with E-state index in [2.05, 4.69) is 26.0 Å². The van der Waals surface area contributed by atoms with Crippen LogP contribution in [0.1, 0.15) is 0 Å². The first kappa shape index (κ1) is 11.7. The lowest BCUT2D eigenvalue weighted by Crippen LogP contribution is -1.88. The summed E-state index contributed by atoms with van der Waals surface area (Å²) in [6.45, 7) is 0. The number of para-hydroxylation sites is 1. The topological polar surface area (TPSA) is 51.6 Å². The molecule has 20 heavy (non-hydrogen) atoms. The van der Waals surface area contributed by atoms with Gasteiger partial charge in [-0.1, -0.05) is 12.1 Å². The highest BCUT2D eigenvalue weighted by Gasteiger charge is 2.09. The Labute approximate surface area is 122 Å². The van der Waals surface area contributed by atoms with Gasteiger partial charge in [0, 0.05) is 6.20 Å². The van der Waals surface area contributed by atoms with E-state index in [1.165, 1.54) is 4.70 Å². The molecule has 3 aromatic heterocycles. The largest absolute Gasteiger partial charge is 0.237 e. The van der Waals surface area contributed by atoms with Gasteiger partial charge in [-0.05, 0) is 36.0 Å². The number of thiazole rings is 1. The number of aromatic nitrogens is 4. The number of benzene rings is 1. The molecule has 0 unspecified atom stereocenters. The molecule has 0 radical (unpaired) electrons. The maximum atomic E-state index is 4.62. The van der Waals surface area contributed by atoms with Crippen LogP contribution in [0.3, 0.4) is 0 Å². The molecule has 0 aliphatic heterocycles. The van der Waals surface area contributed by atoms with Crippen molar-refractivity contribution in [1.82, 2.24) is 19.9 Å². The Bertz CT molecular complexity index is 865. The number of hydrogen-bond acceptors (Lipinski definition) is 6. The highest BCUT2D eigenvalue weighted by molar-refractivity contribution is 8.01. The molecule has 4 rings (SSSR count). The fourth-order valence-corrected chi connectivity index (χ4v) is 3.98. The van der Waals surface area contributed by atoms with Gasteiger partial charge in [0.1, 0.15) is 11.4 Å². The standard InChI is InChI=1S/C14H8N4S2/c1-2-6-11-10(5-1)18-14(19-11)20-13-9-4-3-7-15-12(9)16-8-17-13/h1-8H. The van der Waals surface area contributed by atoms with Crippen LogP contribution in [-0.2, 0) is 0 Å². The minimum Gasteiger partial charge on any atom is -0.237 e. The summed E-state index contributed by atoms with van der Waals surface area (Å²) >= 11 is 3.23. The maximum absolute atomic E-state index is 4.62. The lowest BCUT2D eigenvalue weighted by molar-refractivity contribution is 1.08. The smallest absolute Gasteiger partial charge is 0.163 e. The summed E-state index contributed by atoms with van der Waals surface area (Å²) in [5.74, 6) is 0. The van der Waals surface area contributed by atoms with Crippen LogP contribution in [0.2, 0.25) is 0 Å². The molecule has 0 saturated carbocycles. The zero-order valence-electron chi connectivity index (χ0n) is 10.2. The molecule has 4 aromatic rings. The van der Waals surface area contributed by atoms with Crippen molar-refractivity contribution >= 4 is 44.3 Å². The lowest BCUT2D eigenvalue weighted by Gasteiger charge is -2.00. The van der Waals surface area contributed by atoms with E-state index in [-0.39, 0.29) is 0 Å². The number of fused-ring (bicyclic) bond motifs is 2. The SMILES string of the molecule is c1ccc2sc(Sc3ncnc4ncccc34)nc2c1. The van der Waals surface area contributed by atoms with Gasteiger partial charge >= 0.3 is 0 Å². The second-order valence-corrected chi connectivity index (χ2v) is 6.37. The summed E-state index contributed by atoms with van der Waals surface area (Å²) in [6, 6.07) is 12.0. The molecule has 0 bridgehead atoms. The molecular formula is C14H8N4S2. The van der Waals surface area contributed by atoms with Crippen molar-refractivity contribution < 1.29 is 0 Å². The summed E-state index contributed by atoms with van der Waals surface area (Å²) in [7, 11) is 0. The highest BCUT2D eigenvalue weighted by atomic mass is 32.2. The predicted molar refractivity (Wildman–Crippen MR) is 81.1 cm³/mol. The van der Waals surface area contributed by atoms with E-state index in [4.69, 9.17) is 0 Å². The van der Waals surface area contributed by atoms with Gasteiger partial charge in [0.25, 0.3) is 0 Å². The van der Waals surface area contributed by atoms with Crippen LogP contribution >= 0.6 is 23.1 Å². The molecule has 0 spiro atoms. The average molecular weight is 296 g/mol. The lowest BCUT2D eigenvalue weighted by atomic mass is 10.3. The summed E-state index contributed by atoms with van der Waals surface area (Å²) in [4.78, 5) is 17.4. The van der Waals surface area contributed by atoms with Gasteiger partial charge in [-0.15, -0.1) is 11.3 Å². The highest BCUT2D eigenvalue weighted by Crippen LogP contribution is 2.35. The molecular weight excluding hydrogens is 288 g/mol. The van der Waals surface area contributed by atoms with Gasteiger partial charge in [-0.3, -0.25) is 0 Å². The summed E-state index contributed by atoms with van der Waals surface area (Å²) in [5.41, 5.74) is 1.74. The number of hydrogen-bond donors (Lipinski definition) is 0. The van der Waals surface area contributed by atoms with Crippen LogP contribution in [0.5, 0.6) is 0 Å². The maximum Gasteiger partial charge on any atom is 0.163 e. The first-order valence-corrected chi connectivity index (χ1v) is 7.62. The quantitative estimate of drug-likeness (QED) is 0.527. The van der Waals surface area contributed by atoms with Crippen molar-refractivity contribution in [3.8, 4) is 0 Å². The normalized spacial score (nSPS) is 11.2. The Hall–Kier alpha value is -2.05. The zero-order valence-corrected chi connectivity index (χ0v) is 11.9. The second-order valence-electron chi connectivity index (χ2n) is 4.10. The van der Waals surface area contributed by atoms with E-state index in [1.807, 2.05) is 30.3 Å². The van der Waals surface area contributed by atoms with Crippen LogP contribution in [0, 0.1) is 0 Å². The Morgan fingerprint density at radius 2 is 1.90 bits per heavy atom. The van der Waals surface area contributed by atoms with Crippen molar-refractivity contribution in [2.45, 2.75) is 9.37 Å². The zero-order chi connectivity index (χ0) is 13.4. The molecule has 0 N–H and O–H groups in total. The monoisotopic (exact) mass is 296 g/mol. The first-order chi connectivity index (χ1) is 9.90. The Morgan fingerprint density at radius 3 is 2.85 bits per heavy atom. The van der Waals surface area contributed by atoms with Crippen molar-refractivity contribution in [3.05, 3.63) is 48.9 Å². The number of pyridine rings is 1. The van der Waals surface area contributed by atoms with E-state index in [0.29, 0.717) is 5.65 Å². The third-order valence-corrected chi connectivity index (χ3v) is 4.95.